The summed E-state index contributed by atoms with van der Waals surface area (Å²) in [6.45, 7) is 0.189. The maximum absolute atomic E-state index is 12.3. The normalized spacial score (nSPS) is 10.7. The van der Waals surface area contributed by atoms with Gasteiger partial charge >= 0.3 is 0 Å². The zero-order valence-electron chi connectivity index (χ0n) is 16.1. The standard InChI is InChI=1S/C23H19NO6/c1-29-23-13-3-16(2-12-22(26)17-4-8-20(25)9-5-17)14-18(23)15-30-21-10-6-19(7-11-21)24(27)28/h2-14,25H,15H2,1H3/b12-2+. The zero-order chi connectivity index (χ0) is 21.5. The van der Waals surface area contributed by atoms with Gasteiger partial charge in [-0.2, -0.15) is 0 Å². The highest BCUT2D eigenvalue weighted by molar-refractivity contribution is 6.06. The SMILES string of the molecule is COc1ccc(/C=C/C(=O)c2ccc(O)cc2)cc1COc1ccc([N+](=O)[O-])cc1. The van der Waals surface area contributed by atoms with Crippen molar-refractivity contribution in [2.75, 3.05) is 7.11 Å². The van der Waals surface area contributed by atoms with Gasteiger partial charge in [-0.25, -0.2) is 0 Å². The Bertz CT molecular complexity index is 1070. The van der Waals surface area contributed by atoms with Crippen LogP contribution in [0, 0.1) is 10.1 Å². The fraction of sp³-hybridized carbons (Fsp3) is 0.0870. The molecule has 0 radical (unpaired) electrons. The van der Waals surface area contributed by atoms with Crippen LogP contribution in [0.1, 0.15) is 21.5 Å². The molecule has 0 heterocycles. The lowest BCUT2D eigenvalue weighted by Crippen LogP contribution is -2.00. The number of non-ortho nitro benzene ring substituents is 1. The number of nitrogens with zero attached hydrogens (tertiary/aromatic N) is 1. The molecular formula is C23H19NO6. The topological polar surface area (TPSA) is 98.9 Å². The highest BCUT2D eigenvalue weighted by atomic mass is 16.6. The van der Waals surface area contributed by atoms with E-state index in [4.69, 9.17) is 9.47 Å². The van der Waals surface area contributed by atoms with Crippen molar-refractivity contribution in [3.8, 4) is 17.2 Å². The first-order valence-electron chi connectivity index (χ1n) is 9.02. The predicted molar refractivity (Wildman–Crippen MR) is 112 cm³/mol. The Morgan fingerprint density at radius 2 is 1.77 bits per heavy atom. The smallest absolute Gasteiger partial charge is 0.269 e. The molecule has 30 heavy (non-hydrogen) atoms. The molecule has 0 aliphatic heterocycles. The quantitative estimate of drug-likeness (QED) is 0.250. The number of nitro benzene ring substituents is 1. The highest BCUT2D eigenvalue weighted by Crippen LogP contribution is 2.24. The summed E-state index contributed by atoms with van der Waals surface area (Å²) in [6, 6.07) is 17.3. The number of hydrogen-bond donors (Lipinski definition) is 1. The number of ether oxygens (including phenoxy) is 2. The minimum absolute atomic E-state index is 0.00893. The molecule has 152 valence electrons. The number of benzene rings is 3. The molecule has 3 aromatic carbocycles. The second kappa shape index (κ2) is 9.38. The molecule has 0 aliphatic rings. The molecule has 7 heteroatoms. The van der Waals surface area contributed by atoms with E-state index in [-0.39, 0.29) is 23.8 Å². The summed E-state index contributed by atoms with van der Waals surface area (Å²) in [7, 11) is 1.55. The lowest BCUT2D eigenvalue weighted by atomic mass is 10.1. The Kier molecular flexibility index (Phi) is 6.44. The largest absolute Gasteiger partial charge is 0.508 e. The van der Waals surface area contributed by atoms with Gasteiger partial charge in [0.15, 0.2) is 5.78 Å². The second-order valence-corrected chi connectivity index (χ2v) is 6.36. The van der Waals surface area contributed by atoms with Gasteiger partial charge < -0.3 is 14.6 Å². The van der Waals surface area contributed by atoms with Gasteiger partial charge in [0.1, 0.15) is 23.9 Å². The van der Waals surface area contributed by atoms with Crippen LogP contribution in [-0.2, 0) is 6.61 Å². The van der Waals surface area contributed by atoms with Crippen LogP contribution in [0.5, 0.6) is 17.2 Å². The minimum Gasteiger partial charge on any atom is -0.508 e. The fourth-order valence-electron chi connectivity index (χ4n) is 2.73. The van der Waals surface area contributed by atoms with Crippen LogP contribution in [0.4, 0.5) is 5.69 Å². The first kappa shape index (κ1) is 20.6. The van der Waals surface area contributed by atoms with Crippen molar-refractivity contribution >= 4 is 17.5 Å². The van der Waals surface area contributed by atoms with E-state index in [1.165, 1.54) is 42.5 Å². The average molecular weight is 405 g/mol. The molecule has 0 saturated carbocycles. The van der Waals surface area contributed by atoms with E-state index >= 15 is 0 Å². The fourth-order valence-corrected chi connectivity index (χ4v) is 2.73. The number of hydrogen-bond acceptors (Lipinski definition) is 6. The van der Waals surface area contributed by atoms with E-state index in [1.807, 2.05) is 12.1 Å². The summed E-state index contributed by atoms with van der Waals surface area (Å²) in [5.41, 5.74) is 2.00. The van der Waals surface area contributed by atoms with Crippen molar-refractivity contribution in [2.45, 2.75) is 6.61 Å². The van der Waals surface area contributed by atoms with Crippen LogP contribution >= 0.6 is 0 Å². The van der Waals surface area contributed by atoms with Gasteiger partial charge in [0, 0.05) is 23.3 Å². The molecule has 0 spiro atoms. The number of methoxy groups -OCH3 is 1. The predicted octanol–water partition coefficient (Wildman–Crippen LogP) is 4.78. The highest BCUT2D eigenvalue weighted by Gasteiger charge is 2.08. The summed E-state index contributed by atoms with van der Waals surface area (Å²) in [5, 5.41) is 20.0. The monoisotopic (exact) mass is 405 g/mol. The lowest BCUT2D eigenvalue weighted by Gasteiger charge is -2.11. The Balaban J connectivity index is 1.72. The van der Waals surface area contributed by atoms with Crippen molar-refractivity contribution in [1.29, 1.82) is 0 Å². The van der Waals surface area contributed by atoms with Crippen molar-refractivity contribution in [1.82, 2.24) is 0 Å². The number of nitro groups is 1. The van der Waals surface area contributed by atoms with Crippen LogP contribution in [0.25, 0.3) is 6.08 Å². The molecule has 3 aromatic rings. The number of phenolic OH excluding ortho intramolecular Hbond substituents is 1. The molecule has 0 aliphatic carbocycles. The average Bonchev–Trinajstić information content (AvgIpc) is 2.76. The first-order chi connectivity index (χ1) is 14.5. The van der Waals surface area contributed by atoms with Crippen molar-refractivity contribution in [3.05, 3.63) is 99.6 Å². The number of phenols is 1. The molecule has 7 nitrogen and oxygen atoms in total. The van der Waals surface area contributed by atoms with Gasteiger partial charge in [-0.05, 0) is 60.2 Å². The third-order valence-corrected chi connectivity index (χ3v) is 4.33. The molecule has 1 N–H and O–H groups in total. The zero-order valence-corrected chi connectivity index (χ0v) is 16.1. The molecule has 0 bridgehead atoms. The summed E-state index contributed by atoms with van der Waals surface area (Å²) < 4.78 is 11.1. The number of allylic oxidation sites excluding steroid dienone is 1. The van der Waals surface area contributed by atoms with Gasteiger partial charge in [-0.3, -0.25) is 14.9 Å². The van der Waals surface area contributed by atoms with Crippen molar-refractivity contribution < 1.29 is 24.3 Å². The summed E-state index contributed by atoms with van der Waals surface area (Å²) in [4.78, 5) is 22.5. The molecular weight excluding hydrogens is 386 g/mol. The van der Waals surface area contributed by atoms with E-state index < -0.39 is 4.92 Å². The van der Waals surface area contributed by atoms with Crippen LogP contribution in [-0.4, -0.2) is 22.9 Å². The molecule has 3 rings (SSSR count). The molecule has 0 saturated heterocycles. The third-order valence-electron chi connectivity index (χ3n) is 4.33. The summed E-state index contributed by atoms with van der Waals surface area (Å²) >= 11 is 0. The lowest BCUT2D eigenvalue weighted by molar-refractivity contribution is -0.384. The Hall–Kier alpha value is -4.13. The molecule has 0 amide bonds. The van der Waals surface area contributed by atoms with E-state index in [0.717, 1.165) is 11.1 Å². The number of rotatable bonds is 8. The van der Waals surface area contributed by atoms with Gasteiger partial charge in [0.25, 0.3) is 5.69 Å². The van der Waals surface area contributed by atoms with Crippen LogP contribution in [0.2, 0.25) is 0 Å². The first-order valence-corrected chi connectivity index (χ1v) is 9.02. The van der Waals surface area contributed by atoms with Gasteiger partial charge in [0.05, 0.1) is 12.0 Å². The number of aromatic hydroxyl groups is 1. The van der Waals surface area contributed by atoms with Gasteiger partial charge in [0.2, 0.25) is 0 Å². The van der Waals surface area contributed by atoms with Crippen molar-refractivity contribution in [3.63, 3.8) is 0 Å². The maximum Gasteiger partial charge on any atom is 0.269 e. The molecule has 0 fully saturated rings. The number of carbonyl (C=O) groups excluding carboxylic acids is 1. The molecule has 0 unspecified atom stereocenters. The van der Waals surface area contributed by atoms with Crippen molar-refractivity contribution in [2.24, 2.45) is 0 Å². The summed E-state index contributed by atoms with van der Waals surface area (Å²) in [6.07, 6.45) is 3.14. The van der Waals surface area contributed by atoms with E-state index in [0.29, 0.717) is 17.1 Å². The number of ketones is 1. The van der Waals surface area contributed by atoms with Crippen LogP contribution in [0.3, 0.4) is 0 Å². The molecule has 0 aromatic heterocycles. The van der Waals surface area contributed by atoms with E-state index in [2.05, 4.69) is 0 Å². The minimum atomic E-state index is -0.470. The van der Waals surface area contributed by atoms with E-state index in [9.17, 15) is 20.0 Å². The Morgan fingerprint density at radius 1 is 1.07 bits per heavy atom. The third kappa shape index (κ3) is 5.23. The van der Waals surface area contributed by atoms with Crippen LogP contribution in [0.15, 0.2) is 72.8 Å². The number of carbonyl (C=O) groups is 1. The van der Waals surface area contributed by atoms with Crippen LogP contribution < -0.4 is 9.47 Å². The Morgan fingerprint density at radius 3 is 2.40 bits per heavy atom. The van der Waals surface area contributed by atoms with E-state index in [1.54, 1.807) is 31.4 Å². The second-order valence-electron chi connectivity index (χ2n) is 6.36. The van der Waals surface area contributed by atoms with Gasteiger partial charge in [-0.1, -0.05) is 12.1 Å². The Labute approximate surface area is 173 Å². The van der Waals surface area contributed by atoms with Gasteiger partial charge in [-0.15, -0.1) is 0 Å². The molecule has 0 atom stereocenters. The maximum atomic E-state index is 12.3. The summed E-state index contributed by atoms with van der Waals surface area (Å²) in [5.74, 6) is 1.03.